The molecule has 0 aliphatic heterocycles. The van der Waals surface area contributed by atoms with Crippen molar-refractivity contribution in [2.75, 3.05) is 6.61 Å². The first-order chi connectivity index (χ1) is 7.59. The lowest BCUT2D eigenvalue weighted by molar-refractivity contribution is -0.0573. The van der Waals surface area contributed by atoms with Crippen molar-refractivity contribution >= 4 is 15.9 Å². The standard InChI is InChI=1S/C11H17BrN2O2/c1-4-11(5-2,16-6-3)10-13-7-8(12)9(15)14-10/h7H,4-6H2,1-3H3,(H,13,14,15). The highest BCUT2D eigenvalue weighted by Crippen LogP contribution is 2.29. The zero-order valence-electron chi connectivity index (χ0n) is 9.84. The van der Waals surface area contributed by atoms with Crippen LogP contribution in [0.25, 0.3) is 0 Å². The Morgan fingerprint density at radius 2 is 2.06 bits per heavy atom. The van der Waals surface area contributed by atoms with Crippen LogP contribution in [-0.4, -0.2) is 16.6 Å². The minimum atomic E-state index is -0.478. The summed E-state index contributed by atoms with van der Waals surface area (Å²) in [4.78, 5) is 18.5. The Bertz CT molecular complexity index is 399. The summed E-state index contributed by atoms with van der Waals surface area (Å²) in [5.74, 6) is 0.604. The molecule has 0 saturated carbocycles. The molecule has 0 atom stereocenters. The summed E-state index contributed by atoms with van der Waals surface area (Å²) in [6.45, 7) is 6.60. The topological polar surface area (TPSA) is 55.0 Å². The second-order valence-electron chi connectivity index (χ2n) is 3.54. The molecular formula is C11H17BrN2O2. The van der Waals surface area contributed by atoms with E-state index in [1.807, 2.05) is 20.8 Å². The first-order valence-corrected chi connectivity index (χ1v) is 6.28. The number of aromatic amines is 1. The van der Waals surface area contributed by atoms with E-state index in [4.69, 9.17) is 4.74 Å². The van der Waals surface area contributed by atoms with Crippen LogP contribution in [0.15, 0.2) is 15.5 Å². The number of hydrogen-bond donors (Lipinski definition) is 1. The Labute approximate surface area is 104 Å². The van der Waals surface area contributed by atoms with Crippen LogP contribution in [-0.2, 0) is 10.3 Å². The Morgan fingerprint density at radius 3 is 2.50 bits per heavy atom. The fourth-order valence-corrected chi connectivity index (χ4v) is 1.95. The van der Waals surface area contributed by atoms with Gasteiger partial charge in [-0.1, -0.05) is 13.8 Å². The molecule has 4 nitrogen and oxygen atoms in total. The van der Waals surface area contributed by atoms with E-state index in [1.165, 1.54) is 6.20 Å². The lowest BCUT2D eigenvalue weighted by Crippen LogP contribution is -2.33. The number of ether oxygens (including phenoxy) is 1. The van der Waals surface area contributed by atoms with E-state index in [2.05, 4.69) is 25.9 Å². The van der Waals surface area contributed by atoms with E-state index in [9.17, 15) is 4.79 Å². The molecule has 1 aromatic rings. The van der Waals surface area contributed by atoms with Gasteiger partial charge >= 0.3 is 0 Å². The summed E-state index contributed by atoms with van der Waals surface area (Å²) in [5.41, 5.74) is -0.648. The summed E-state index contributed by atoms with van der Waals surface area (Å²) in [6, 6.07) is 0. The molecule has 90 valence electrons. The van der Waals surface area contributed by atoms with Crippen LogP contribution in [0.1, 0.15) is 39.4 Å². The van der Waals surface area contributed by atoms with Gasteiger partial charge in [-0.25, -0.2) is 4.98 Å². The third-order valence-corrected chi connectivity index (χ3v) is 3.32. The molecule has 0 aromatic carbocycles. The van der Waals surface area contributed by atoms with Crippen LogP contribution in [0, 0.1) is 0 Å². The van der Waals surface area contributed by atoms with Crippen molar-refractivity contribution in [1.82, 2.24) is 9.97 Å². The monoisotopic (exact) mass is 288 g/mol. The molecule has 0 aliphatic rings. The van der Waals surface area contributed by atoms with Crippen molar-refractivity contribution in [3.63, 3.8) is 0 Å². The fourth-order valence-electron chi connectivity index (χ4n) is 1.74. The SMILES string of the molecule is CCOC(CC)(CC)c1ncc(Br)c(=O)[nH]1. The first-order valence-electron chi connectivity index (χ1n) is 5.48. The lowest BCUT2D eigenvalue weighted by Gasteiger charge is -2.30. The Morgan fingerprint density at radius 1 is 1.44 bits per heavy atom. The van der Waals surface area contributed by atoms with Crippen LogP contribution in [0.4, 0.5) is 0 Å². The molecule has 0 radical (unpaired) electrons. The number of nitrogens with zero attached hydrogens (tertiary/aromatic N) is 1. The summed E-state index contributed by atoms with van der Waals surface area (Å²) in [6.07, 6.45) is 3.08. The van der Waals surface area contributed by atoms with Crippen LogP contribution < -0.4 is 5.56 Å². The molecule has 0 bridgehead atoms. The summed E-state index contributed by atoms with van der Waals surface area (Å²) in [7, 11) is 0. The smallest absolute Gasteiger partial charge is 0.265 e. The van der Waals surface area contributed by atoms with Crippen molar-refractivity contribution in [3.8, 4) is 0 Å². The Kier molecular flexibility index (Phi) is 4.68. The fraction of sp³-hybridized carbons (Fsp3) is 0.636. The van der Waals surface area contributed by atoms with Crippen molar-refractivity contribution in [2.24, 2.45) is 0 Å². The molecule has 0 amide bonds. The van der Waals surface area contributed by atoms with E-state index in [-0.39, 0.29) is 5.56 Å². The van der Waals surface area contributed by atoms with Crippen molar-refractivity contribution in [2.45, 2.75) is 39.2 Å². The van der Waals surface area contributed by atoms with Gasteiger partial charge in [0.05, 0.1) is 0 Å². The molecule has 1 rings (SSSR count). The highest BCUT2D eigenvalue weighted by molar-refractivity contribution is 9.10. The maximum Gasteiger partial charge on any atom is 0.265 e. The van der Waals surface area contributed by atoms with E-state index in [1.54, 1.807) is 0 Å². The molecule has 0 unspecified atom stereocenters. The average Bonchev–Trinajstić information content (AvgIpc) is 2.30. The molecule has 16 heavy (non-hydrogen) atoms. The number of hydrogen-bond acceptors (Lipinski definition) is 3. The maximum absolute atomic E-state index is 11.5. The third-order valence-electron chi connectivity index (χ3n) is 2.75. The van der Waals surface area contributed by atoms with Gasteiger partial charge in [0.2, 0.25) is 0 Å². The zero-order valence-corrected chi connectivity index (χ0v) is 11.4. The van der Waals surface area contributed by atoms with Gasteiger partial charge in [-0.05, 0) is 35.7 Å². The summed E-state index contributed by atoms with van der Waals surface area (Å²) in [5, 5.41) is 0. The third kappa shape index (κ3) is 2.52. The average molecular weight is 289 g/mol. The number of nitrogens with one attached hydrogen (secondary N) is 1. The number of aromatic nitrogens is 2. The van der Waals surface area contributed by atoms with E-state index < -0.39 is 5.60 Å². The molecule has 0 spiro atoms. The quantitative estimate of drug-likeness (QED) is 0.906. The largest absolute Gasteiger partial charge is 0.367 e. The van der Waals surface area contributed by atoms with Crippen LogP contribution >= 0.6 is 15.9 Å². The van der Waals surface area contributed by atoms with E-state index in [0.29, 0.717) is 16.9 Å². The summed E-state index contributed by atoms with van der Waals surface area (Å²) < 4.78 is 6.20. The maximum atomic E-state index is 11.5. The lowest BCUT2D eigenvalue weighted by atomic mass is 9.96. The predicted molar refractivity (Wildman–Crippen MR) is 66.4 cm³/mol. The van der Waals surface area contributed by atoms with Crippen LogP contribution in [0.3, 0.4) is 0 Å². The predicted octanol–water partition coefficient (Wildman–Crippen LogP) is 2.58. The van der Waals surface area contributed by atoms with Gasteiger partial charge in [0.1, 0.15) is 15.9 Å². The minimum absolute atomic E-state index is 0.170. The van der Waals surface area contributed by atoms with Gasteiger partial charge in [-0.2, -0.15) is 0 Å². The molecule has 5 heteroatoms. The second kappa shape index (κ2) is 5.59. The molecular weight excluding hydrogens is 272 g/mol. The van der Waals surface area contributed by atoms with Gasteiger partial charge in [0.15, 0.2) is 0 Å². The highest BCUT2D eigenvalue weighted by atomic mass is 79.9. The van der Waals surface area contributed by atoms with Gasteiger partial charge in [-0.3, -0.25) is 4.79 Å². The Hall–Kier alpha value is -0.680. The normalized spacial score (nSPS) is 11.8. The molecule has 0 saturated heterocycles. The van der Waals surface area contributed by atoms with Crippen molar-refractivity contribution in [3.05, 3.63) is 26.8 Å². The number of halogens is 1. The van der Waals surface area contributed by atoms with Gasteiger partial charge in [-0.15, -0.1) is 0 Å². The Balaban J connectivity index is 3.20. The number of rotatable bonds is 5. The summed E-state index contributed by atoms with van der Waals surface area (Å²) >= 11 is 3.13. The van der Waals surface area contributed by atoms with Crippen molar-refractivity contribution in [1.29, 1.82) is 0 Å². The molecule has 1 N–H and O–H groups in total. The van der Waals surface area contributed by atoms with Gasteiger partial charge in [0, 0.05) is 12.8 Å². The van der Waals surface area contributed by atoms with Gasteiger partial charge < -0.3 is 9.72 Å². The van der Waals surface area contributed by atoms with E-state index >= 15 is 0 Å². The van der Waals surface area contributed by atoms with Crippen LogP contribution in [0.5, 0.6) is 0 Å². The first kappa shape index (κ1) is 13.4. The van der Waals surface area contributed by atoms with Crippen LogP contribution in [0.2, 0.25) is 0 Å². The van der Waals surface area contributed by atoms with Crippen molar-refractivity contribution < 1.29 is 4.74 Å². The zero-order chi connectivity index (χ0) is 12.2. The molecule has 0 aliphatic carbocycles. The molecule has 0 fully saturated rings. The molecule has 1 aromatic heterocycles. The minimum Gasteiger partial charge on any atom is -0.367 e. The highest BCUT2D eigenvalue weighted by Gasteiger charge is 2.31. The molecule has 1 heterocycles. The van der Waals surface area contributed by atoms with Gasteiger partial charge in [0.25, 0.3) is 5.56 Å². The second-order valence-corrected chi connectivity index (χ2v) is 4.40. The number of H-pyrrole nitrogens is 1. The van der Waals surface area contributed by atoms with E-state index in [0.717, 1.165) is 12.8 Å².